The smallest absolute Gasteiger partial charge is 0.295 e. The Hall–Kier alpha value is -4.13. The average Bonchev–Trinajstić information content (AvgIpc) is 3.12. The summed E-state index contributed by atoms with van der Waals surface area (Å²) >= 11 is 0. The maximum absolute atomic E-state index is 13.2. The highest BCUT2D eigenvalue weighted by Crippen LogP contribution is 2.41. The van der Waals surface area contributed by atoms with Crippen molar-refractivity contribution in [1.82, 2.24) is 9.88 Å². The van der Waals surface area contributed by atoms with E-state index < -0.39 is 17.7 Å². The molecule has 3 aromatic rings. The fourth-order valence-electron chi connectivity index (χ4n) is 3.97. The van der Waals surface area contributed by atoms with Gasteiger partial charge in [0.25, 0.3) is 11.7 Å². The predicted octanol–water partition coefficient (Wildman–Crippen LogP) is 4.50. The summed E-state index contributed by atoms with van der Waals surface area (Å²) in [6.45, 7) is 2.71. The largest absolute Gasteiger partial charge is 0.507 e. The summed E-state index contributed by atoms with van der Waals surface area (Å²) in [5.74, 6) is -0.424. The lowest BCUT2D eigenvalue weighted by molar-refractivity contribution is -0.140. The lowest BCUT2D eigenvalue weighted by atomic mass is 9.95. The number of hydrogen-bond acceptors (Lipinski definition) is 6. The van der Waals surface area contributed by atoms with Crippen LogP contribution in [0.5, 0.6) is 11.5 Å². The highest BCUT2D eigenvalue weighted by molar-refractivity contribution is 6.46. The molecule has 1 N–H and O–H groups in total. The third-order valence-corrected chi connectivity index (χ3v) is 5.63. The molecule has 0 aliphatic carbocycles. The lowest BCUT2D eigenvalue weighted by Gasteiger charge is -2.25. The molecule has 34 heavy (non-hydrogen) atoms. The number of pyridine rings is 1. The molecule has 0 radical (unpaired) electrons. The Kier molecular flexibility index (Phi) is 6.92. The van der Waals surface area contributed by atoms with Crippen molar-refractivity contribution in [1.29, 1.82) is 0 Å². The van der Waals surface area contributed by atoms with Crippen molar-refractivity contribution >= 4 is 17.4 Å². The first-order valence-corrected chi connectivity index (χ1v) is 11.1. The van der Waals surface area contributed by atoms with Crippen LogP contribution >= 0.6 is 0 Å². The molecule has 1 saturated heterocycles. The molecule has 1 aliphatic heterocycles. The van der Waals surface area contributed by atoms with Crippen LogP contribution in [0.3, 0.4) is 0 Å². The monoisotopic (exact) mass is 458 g/mol. The zero-order valence-electron chi connectivity index (χ0n) is 19.1. The number of likely N-dealkylation sites (tertiary alicyclic amines) is 1. The van der Waals surface area contributed by atoms with Crippen LogP contribution in [0.1, 0.15) is 36.1 Å². The molecule has 174 valence electrons. The molecule has 7 nitrogen and oxygen atoms in total. The van der Waals surface area contributed by atoms with E-state index in [1.807, 2.05) is 13.0 Å². The van der Waals surface area contributed by atoms with Crippen molar-refractivity contribution in [2.45, 2.75) is 25.9 Å². The second kappa shape index (κ2) is 10.2. The Balaban J connectivity index is 1.81. The number of ether oxygens (including phenoxy) is 2. The predicted molar refractivity (Wildman–Crippen MR) is 127 cm³/mol. The van der Waals surface area contributed by atoms with Crippen molar-refractivity contribution in [2.75, 3.05) is 13.7 Å². The number of ketones is 1. The Bertz CT molecular complexity index is 1210. The molecule has 4 rings (SSSR count). The van der Waals surface area contributed by atoms with Crippen molar-refractivity contribution in [2.24, 2.45) is 0 Å². The number of methoxy groups -OCH3 is 1. The van der Waals surface area contributed by atoms with Gasteiger partial charge in [-0.3, -0.25) is 14.6 Å². The summed E-state index contributed by atoms with van der Waals surface area (Å²) in [7, 11) is 1.57. The van der Waals surface area contributed by atoms with Crippen LogP contribution in [-0.2, 0) is 16.1 Å². The number of nitrogens with zero attached hydrogens (tertiary/aromatic N) is 2. The van der Waals surface area contributed by atoms with E-state index in [1.165, 1.54) is 4.90 Å². The van der Waals surface area contributed by atoms with Gasteiger partial charge in [-0.1, -0.05) is 37.3 Å². The fraction of sp³-hybridized carbons (Fsp3) is 0.222. The molecule has 2 heterocycles. The number of carbonyl (C=O) groups is 2. The van der Waals surface area contributed by atoms with Crippen molar-refractivity contribution in [3.63, 3.8) is 0 Å². The van der Waals surface area contributed by atoms with E-state index in [2.05, 4.69) is 4.98 Å². The summed E-state index contributed by atoms with van der Waals surface area (Å²) in [4.78, 5) is 31.9. The molecule has 0 spiro atoms. The van der Waals surface area contributed by atoms with Gasteiger partial charge in [0.05, 0.1) is 25.3 Å². The third kappa shape index (κ3) is 4.64. The number of Topliss-reactive ketones (excluding diaryl/α,β-unsaturated/α-hetero) is 1. The van der Waals surface area contributed by atoms with Crippen LogP contribution in [0.4, 0.5) is 0 Å². The minimum Gasteiger partial charge on any atom is -0.507 e. The van der Waals surface area contributed by atoms with Gasteiger partial charge in [-0.05, 0) is 47.9 Å². The first kappa shape index (κ1) is 23.0. The summed E-state index contributed by atoms with van der Waals surface area (Å²) in [5.41, 5.74) is 1.90. The maximum atomic E-state index is 13.2. The molecule has 1 atom stereocenters. The van der Waals surface area contributed by atoms with Crippen molar-refractivity contribution in [3.8, 4) is 11.5 Å². The molecule has 1 aromatic heterocycles. The van der Waals surface area contributed by atoms with E-state index in [0.29, 0.717) is 29.2 Å². The highest BCUT2D eigenvalue weighted by Gasteiger charge is 2.46. The van der Waals surface area contributed by atoms with Gasteiger partial charge in [0, 0.05) is 24.5 Å². The van der Waals surface area contributed by atoms with Crippen molar-refractivity contribution in [3.05, 3.63) is 95.3 Å². The number of carbonyl (C=O) groups excluding carboxylic acids is 2. The van der Waals surface area contributed by atoms with Crippen LogP contribution < -0.4 is 9.47 Å². The zero-order valence-corrected chi connectivity index (χ0v) is 19.1. The van der Waals surface area contributed by atoms with Gasteiger partial charge < -0.3 is 19.5 Å². The van der Waals surface area contributed by atoms with Crippen LogP contribution in [0.25, 0.3) is 5.76 Å². The van der Waals surface area contributed by atoms with Crippen molar-refractivity contribution < 1.29 is 24.2 Å². The number of rotatable bonds is 8. The summed E-state index contributed by atoms with van der Waals surface area (Å²) in [6, 6.07) is 16.8. The second-order valence-electron chi connectivity index (χ2n) is 7.94. The minimum atomic E-state index is -0.772. The van der Waals surface area contributed by atoms with E-state index in [0.717, 1.165) is 12.0 Å². The van der Waals surface area contributed by atoms with Gasteiger partial charge in [0.2, 0.25) is 0 Å². The maximum Gasteiger partial charge on any atom is 0.295 e. The normalized spacial score (nSPS) is 17.1. The summed E-state index contributed by atoms with van der Waals surface area (Å²) < 4.78 is 10.9. The Morgan fingerprint density at radius 1 is 1.06 bits per heavy atom. The number of aromatic nitrogens is 1. The lowest BCUT2D eigenvalue weighted by Crippen LogP contribution is -2.29. The molecule has 0 saturated carbocycles. The first-order chi connectivity index (χ1) is 16.5. The number of amides is 1. The molecule has 2 aromatic carbocycles. The Labute approximate surface area is 198 Å². The Morgan fingerprint density at radius 3 is 2.53 bits per heavy atom. The fourth-order valence-corrected chi connectivity index (χ4v) is 3.97. The standard InChI is InChI=1S/C27H26N2O5/c1-3-14-34-22-8-4-7-20(15-22)25(30)23-24(19-9-11-21(33-2)12-10-19)29(27(32)26(23)31)17-18-6-5-13-28-16-18/h4-13,15-16,24,30H,3,14,17H2,1-2H3. The van der Waals surface area contributed by atoms with Gasteiger partial charge in [-0.15, -0.1) is 0 Å². The summed E-state index contributed by atoms with van der Waals surface area (Å²) in [6.07, 6.45) is 4.14. The average molecular weight is 459 g/mol. The molecular weight excluding hydrogens is 432 g/mol. The molecule has 0 bridgehead atoms. The number of benzene rings is 2. The van der Waals surface area contributed by atoms with Gasteiger partial charge in [0.15, 0.2) is 0 Å². The third-order valence-electron chi connectivity index (χ3n) is 5.63. The first-order valence-electron chi connectivity index (χ1n) is 11.1. The minimum absolute atomic E-state index is 0.0340. The molecule has 7 heteroatoms. The molecular formula is C27H26N2O5. The van der Waals surface area contributed by atoms with Gasteiger partial charge in [0.1, 0.15) is 17.3 Å². The van der Waals surface area contributed by atoms with E-state index in [9.17, 15) is 14.7 Å². The van der Waals surface area contributed by atoms with Gasteiger partial charge in [-0.25, -0.2) is 0 Å². The molecule has 1 fully saturated rings. The molecule has 1 amide bonds. The van der Waals surface area contributed by atoms with Crippen LogP contribution in [-0.4, -0.2) is 40.4 Å². The summed E-state index contributed by atoms with van der Waals surface area (Å²) in [5, 5.41) is 11.3. The number of aliphatic hydroxyl groups excluding tert-OH is 1. The van der Waals surface area contributed by atoms with Crippen LogP contribution in [0.15, 0.2) is 78.6 Å². The van der Waals surface area contributed by atoms with E-state index >= 15 is 0 Å². The molecule has 1 aliphatic rings. The zero-order chi connectivity index (χ0) is 24.1. The van der Waals surface area contributed by atoms with Gasteiger partial charge >= 0.3 is 0 Å². The second-order valence-corrected chi connectivity index (χ2v) is 7.94. The quantitative estimate of drug-likeness (QED) is 0.304. The number of hydrogen-bond donors (Lipinski definition) is 1. The van der Waals surface area contributed by atoms with E-state index in [4.69, 9.17) is 9.47 Å². The van der Waals surface area contributed by atoms with E-state index in [-0.39, 0.29) is 17.9 Å². The number of aliphatic hydroxyl groups is 1. The molecule has 1 unspecified atom stereocenters. The van der Waals surface area contributed by atoms with Crippen LogP contribution in [0.2, 0.25) is 0 Å². The Morgan fingerprint density at radius 2 is 1.85 bits per heavy atom. The van der Waals surface area contributed by atoms with Gasteiger partial charge in [-0.2, -0.15) is 0 Å². The topological polar surface area (TPSA) is 89.0 Å². The highest BCUT2D eigenvalue weighted by atomic mass is 16.5. The van der Waals surface area contributed by atoms with E-state index in [1.54, 1.807) is 74.1 Å². The van der Waals surface area contributed by atoms with Crippen LogP contribution in [0, 0.1) is 0 Å². The SMILES string of the molecule is CCCOc1cccc(C(O)=C2C(=O)C(=O)N(Cc3cccnc3)C2c2ccc(OC)cc2)c1.